The molecule has 3 atom stereocenters. The number of Topliss-reactive ketones (excluding diaryl/α,β-unsaturated/α-hetero) is 1. The Kier molecular flexibility index (Phi) is 7.59. The number of thioether (sulfide) groups is 1. The summed E-state index contributed by atoms with van der Waals surface area (Å²) >= 11 is 1.73. The Hall–Kier alpha value is -1.04. The zero-order valence-electron chi connectivity index (χ0n) is 14.8. The second-order valence-corrected chi connectivity index (χ2v) is 7.92. The first kappa shape index (κ1) is 19.3. The van der Waals surface area contributed by atoms with Gasteiger partial charge in [-0.15, -0.1) is 0 Å². The van der Waals surface area contributed by atoms with Gasteiger partial charge in [0, 0.05) is 31.1 Å². The topological polar surface area (TPSA) is 63.7 Å². The second kappa shape index (κ2) is 9.44. The molecule has 1 saturated carbocycles. The van der Waals surface area contributed by atoms with Crippen LogP contribution in [0.3, 0.4) is 0 Å². The number of hydrogen-bond acceptors (Lipinski definition) is 5. The van der Waals surface area contributed by atoms with E-state index in [4.69, 9.17) is 0 Å². The molecular weight excluding hydrogens is 326 g/mol. The number of carbonyl (C=O) groups is 3. The average Bonchev–Trinajstić information content (AvgIpc) is 3.37. The lowest BCUT2D eigenvalue weighted by molar-refractivity contribution is -0.143. The standard InChI is InChI=1S/C18H29NO4S/c1-3-13-12-14(13)18(22)15-6-4-7-16(20)19(15)9-11-24-10-5-8-17(21)23-2/h13-15H,3-12H2,1-2H3/t13?,14-,15+/m0/s1. The maximum atomic E-state index is 12.7. The highest BCUT2D eigenvalue weighted by molar-refractivity contribution is 7.99. The molecule has 1 saturated heterocycles. The Morgan fingerprint density at radius 3 is 2.79 bits per heavy atom. The normalized spacial score (nSPS) is 26.3. The first-order valence-electron chi connectivity index (χ1n) is 9.06. The van der Waals surface area contributed by atoms with Crippen LogP contribution in [0.1, 0.15) is 51.9 Å². The van der Waals surface area contributed by atoms with E-state index in [-0.39, 0.29) is 23.8 Å². The molecule has 1 unspecified atom stereocenters. The molecule has 136 valence electrons. The molecule has 0 aromatic rings. The zero-order chi connectivity index (χ0) is 17.5. The number of methoxy groups -OCH3 is 1. The van der Waals surface area contributed by atoms with Gasteiger partial charge in [-0.05, 0) is 37.4 Å². The number of rotatable bonds is 10. The van der Waals surface area contributed by atoms with Crippen molar-refractivity contribution in [3.8, 4) is 0 Å². The van der Waals surface area contributed by atoms with E-state index in [1.807, 2.05) is 4.90 Å². The fourth-order valence-corrected chi connectivity index (χ4v) is 4.35. The van der Waals surface area contributed by atoms with Crippen molar-refractivity contribution in [2.24, 2.45) is 11.8 Å². The van der Waals surface area contributed by atoms with Gasteiger partial charge < -0.3 is 9.64 Å². The predicted molar refractivity (Wildman–Crippen MR) is 94.8 cm³/mol. The van der Waals surface area contributed by atoms with E-state index in [2.05, 4.69) is 11.7 Å². The quantitative estimate of drug-likeness (QED) is 0.445. The van der Waals surface area contributed by atoms with Gasteiger partial charge in [0.2, 0.25) is 5.91 Å². The Bertz CT molecular complexity index is 468. The fourth-order valence-electron chi connectivity index (χ4n) is 3.48. The zero-order valence-corrected chi connectivity index (χ0v) is 15.6. The third-order valence-corrected chi connectivity index (χ3v) is 6.13. The summed E-state index contributed by atoms with van der Waals surface area (Å²) in [4.78, 5) is 37.8. The maximum absolute atomic E-state index is 12.7. The van der Waals surface area contributed by atoms with Gasteiger partial charge in [0.15, 0.2) is 5.78 Å². The summed E-state index contributed by atoms with van der Waals surface area (Å²) in [5, 5.41) is 0. The van der Waals surface area contributed by atoms with Crippen LogP contribution >= 0.6 is 11.8 Å². The van der Waals surface area contributed by atoms with E-state index >= 15 is 0 Å². The van der Waals surface area contributed by atoms with Crippen LogP contribution in [0.5, 0.6) is 0 Å². The van der Waals surface area contributed by atoms with Crippen LogP contribution in [-0.2, 0) is 19.1 Å². The smallest absolute Gasteiger partial charge is 0.305 e. The molecule has 0 radical (unpaired) electrons. The van der Waals surface area contributed by atoms with Crippen molar-refractivity contribution in [1.82, 2.24) is 4.90 Å². The molecule has 5 nitrogen and oxygen atoms in total. The summed E-state index contributed by atoms with van der Waals surface area (Å²) in [6, 6.07) is -0.191. The number of carbonyl (C=O) groups excluding carboxylic acids is 3. The van der Waals surface area contributed by atoms with E-state index in [9.17, 15) is 14.4 Å². The number of piperidine rings is 1. The van der Waals surface area contributed by atoms with Crippen molar-refractivity contribution in [3.63, 3.8) is 0 Å². The Morgan fingerprint density at radius 1 is 1.33 bits per heavy atom. The third-order valence-electron chi connectivity index (χ3n) is 5.08. The molecule has 0 aromatic heterocycles. The van der Waals surface area contributed by atoms with Crippen LogP contribution in [0.25, 0.3) is 0 Å². The Balaban J connectivity index is 1.74. The molecule has 1 aliphatic carbocycles. The van der Waals surface area contributed by atoms with Crippen LogP contribution < -0.4 is 0 Å². The number of esters is 1. The minimum atomic E-state index is -0.191. The molecular formula is C18H29NO4S. The monoisotopic (exact) mass is 355 g/mol. The molecule has 0 bridgehead atoms. The van der Waals surface area contributed by atoms with Crippen molar-refractivity contribution < 1.29 is 19.1 Å². The summed E-state index contributed by atoms with van der Waals surface area (Å²) in [5.74, 6) is 2.68. The number of ether oxygens (including phenoxy) is 1. The molecule has 2 rings (SSSR count). The molecule has 6 heteroatoms. The highest BCUT2D eigenvalue weighted by Crippen LogP contribution is 2.43. The van der Waals surface area contributed by atoms with Crippen LogP contribution in [0, 0.1) is 11.8 Å². The van der Waals surface area contributed by atoms with Gasteiger partial charge >= 0.3 is 5.97 Å². The summed E-state index contributed by atoms with van der Waals surface area (Å²) in [6.07, 6.45) is 5.52. The van der Waals surface area contributed by atoms with Gasteiger partial charge in [0.1, 0.15) is 0 Å². The summed E-state index contributed by atoms with van der Waals surface area (Å²) < 4.78 is 4.61. The largest absolute Gasteiger partial charge is 0.469 e. The van der Waals surface area contributed by atoms with E-state index in [1.54, 1.807) is 11.8 Å². The van der Waals surface area contributed by atoms with E-state index in [0.717, 1.165) is 43.6 Å². The van der Waals surface area contributed by atoms with Crippen LogP contribution in [0.4, 0.5) is 0 Å². The van der Waals surface area contributed by atoms with Gasteiger partial charge in [0.25, 0.3) is 0 Å². The van der Waals surface area contributed by atoms with E-state index in [1.165, 1.54) is 7.11 Å². The van der Waals surface area contributed by atoms with E-state index in [0.29, 0.717) is 31.1 Å². The van der Waals surface area contributed by atoms with Crippen molar-refractivity contribution in [2.45, 2.75) is 57.9 Å². The molecule has 1 aliphatic heterocycles. The summed E-state index contributed by atoms with van der Waals surface area (Å²) in [7, 11) is 1.40. The predicted octanol–water partition coefficient (Wildman–Crippen LogP) is 2.67. The van der Waals surface area contributed by atoms with Crippen molar-refractivity contribution in [1.29, 1.82) is 0 Å². The van der Waals surface area contributed by atoms with Crippen LogP contribution in [0.2, 0.25) is 0 Å². The molecule has 24 heavy (non-hydrogen) atoms. The van der Waals surface area contributed by atoms with Crippen molar-refractivity contribution >= 4 is 29.4 Å². The average molecular weight is 356 g/mol. The minimum Gasteiger partial charge on any atom is -0.469 e. The lowest BCUT2D eigenvalue weighted by Crippen LogP contribution is -2.49. The number of amides is 1. The number of nitrogens with zero attached hydrogens (tertiary/aromatic N) is 1. The van der Waals surface area contributed by atoms with Gasteiger partial charge in [-0.1, -0.05) is 13.3 Å². The highest BCUT2D eigenvalue weighted by Gasteiger charge is 2.46. The van der Waals surface area contributed by atoms with Crippen LogP contribution in [0.15, 0.2) is 0 Å². The molecule has 1 heterocycles. The number of likely N-dealkylation sites (tertiary alicyclic amines) is 1. The van der Waals surface area contributed by atoms with Gasteiger partial charge in [-0.3, -0.25) is 14.4 Å². The lowest BCUT2D eigenvalue weighted by atomic mass is 9.95. The molecule has 2 fully saturated rings. The van der Waals surface area contributed by atoms with Crippen molar-refractivity contribution in [2.75, 3.05) is 25.2 Å². The Morgan fingerprint density at radius 2 is 2.12 bits per heavy atom. The van der Waals surface area contributed by atoms with Gasteiger partial charge in [-0.2, -0.15) is 11.8 Å². The molecule has 2 aliphatic rings. The summed E-state index contributed by atoms with van der Waals surface area (Å²) in [5.41, 5.74) is 0. The SMILES string of the molecule is CCC1C[C@@H]1C(=O)[C@H]1CCCC(=O)N1CCSCCCC(=O)OC. The number of hydrogen-bond donors (Lipinski definition) is 0. The molecule has 0 spiro atoms. The van der Waals surface area contributed by atoms with Crippen molar-refractivity contribution in [3.05, 3.63) is 0 Å². The van der Waals surface area contributed by atoms with Crippen LogP contribution in [-0.4, -0.2) is 53.8 Å². The number of ketones is 1. The van der Waals surface area contributed by atoms with Gasteiger partial charge in [-0.25, -0.2) is 0 Å². The second-order valence-electron chi connectivity index (χ2n) is 6.70. The van der Waals surface area contributed by atoms with E-state index < -0.39 is 0 Å². The molecule has 0 N–H and O–H groups in total. The van der Waals surface area contributed by atoms with Gasteiger partial charge in [0.05, 0.1) is 13.2 Å². The molecule has 0 aromatic carbocycles. The minimum absolute atomic E-state index is 0.128. The maximum Gasteiger partial charge on any atom is 0.305 e. The Labute approximate surface area is 148 Å². The highest BCUT2D eigenvalue weighted by atomic mass is 32.2. The lowest BCUT2D eigenvalue weighted by Gasteiger charge is -2.35. The first-order valence-corrected chi connectivity index (χ1v) is 10.2. The fraction of sp³-hybridized carbons (Fsp3) is 0.833. The first-order chi connectivity index (χ1) is 11.6. The summed E-state index contributed by atoms with van der Waals surface area (Å²) in [6.45, 7) is 2.77. The molecule has 1 amide bonds. The third kappa shape index (κ3) is 5.23.